The number of amides is 1. The Kier molecular flexibility index (Phi) is 4.32. The fourth-order valence-electron chi connectivity index (χ4n) is 4.20. The van der Waals surface area contributed by atoms with Gasteiger partial charge in [0.2, 0.25) is 0 Å². The van der Waals surface area contributed by atoms with Gasteiger partial charge in [0, 0.05) is 22.8 Å². The van der Waals surface area contributed by atoms with Crippen LogP contribution in [0.2, 0.25) is 0 Å². The van der Waals surface area contributed by atoms with E-state index >= 15 is 0 Å². The van der Waals surface area contributed by atoms with Gasteiger partial charge in [0.25, 0.3) is 5.91 Å². The summed E-state index contributed by atoms with van der Waals surface area (Å²) >= 11 is 3.45. The number of rotatable bonds is 2. The molecule has 0 bridgehead atoms. The van der Waals surface area contributed by atoms with Crippen LogP contribution in [-0.4, -0.2) is 27.0 Å². The number of pyridine rings is 1. The van der Waals surface area contributed by atoms with Crippen LogP contribution in [-0.2, 0) is 6.42 Å². The van der Waals surface area contributed by atoms with Gasteiger partial charge >= 0.3 is 0 Å². The van der Waals surface area contributed by atoms with Crippen molar-refractivity contribution in [1.29, 1.82) is 0 Å². The average molecular weight is 450 g/mol. The van der Waals surface area contributed by atoms with Gasteiger partial charge in [-0.2, -0.15) is 5.10 Å². The van der Waals surface area contributed by atoms with Gasteiger partial charge < -0.3 is 9.32 Å². The molecule has 0 saturated heterocycles. The molecule has 0 spiro atoms. The highest BCUT2D eigenvalue weighted by atomic mass is 79.9. The molecular formula is C23H20BrN3O2. The molecule has 0 fully saturated rings. The molecular weight excluding hydrogens is 430 g/mol. The van der Waals surface area contributed by atoms with E-state index in [9.17, 15) is 4.79 Å². The molecule has 3 aromatic heterocycles. The minimum absolute atomic E-state index is 0.0478. The van der Waals surface area contributed by atoms with Crippen LogP contribution in [0.3, 0.4) is 0 Å². The van der Waals surface area contributed by atoms with Gasteiger partial charge in [-0.3, -0.25) is 4.79 Å². The zero-order valence-electron chi connectivity index (χ0n) is 16.2. The summed E-state index contributed by atoms with van der Waals surface area (Å²) in [6.07, 6.45) is 2.68. The third-order valence-electron chi connectivity index (χ3n) is 5.61. The van der Waals surface area contributed by atoms with Crippen LogP contribution in [0.15, 0.2) is 63.6 Å². The van der Waals surface area contributed by atoms with E-state index in [0.717, 1.165) is 39.1 Å². The second kappa shape index (κ2) is 6.88. The zero-order chi connectivity index (χ0) is 20.1. The van der Waals surface area contributed by atoms with Gasteiger partial charge in [0.15, 0.2) is 5.69 Å². The maximum absolute atomic E-state index is 13.3. The molecule has 6 heteroatoms. The standard InChI is InChI=1S/C23H20BrN3O2/c1-14-6-9-21(29-14)19-5-3-4-16-10-11-26(15(2)22(16)19)23(28)20-12-18-8-7-17(24)13-27(18)25-20/h3-9,12-13,15H,10-11H2,1-2H3. The van der Waals surface area contributed by atoms with E-state index in [1.807, 2.05) is 48.4 Å². The second-order valence-corrected chi connectivity index (χ2v) is 8.38. The van der Waals surface area contributed by atoms with Crippen molar-refractivity contribution in [2.75, 3.05) is 6.54 Å². The fraction of sp³-hybridized carbons (Fsp3) is 0.217. The fourth-order valence-corrected chi connectivity index (χ4v) is 4.53. The van der Waals surface area contributed by atoms with Gasteiger partial charge in [-0.25, -0.2) is 4.52 Å². The van der Waals surface area contributed by atoms with Crippen LogP contribution in [0.5, 0.6) is 0 Å². The zero-order valence-corrected chi connectivity index (χ0v) is 17.8. The molecule has 1 aliphatic heterocycles. The van der Waals surface area contributed by atoms with E-state index in [0.29, 0.717) is 12.2 Å². The van der Waals surface area contributed by atoms with E-state index in [1.165, 1.54) is 5.56 Å². The average Bonchev–Trinajstić information content (AvgIpc) is 3.33. The summed E-state index contributed by atoms with van der Waals surface area (Å²) in [5.74, 6) is 1.68. The Morgan fingerprint density at radius 3 is 2.86 bits per heavy atom. The third-order valence-corrected chi connectivity index (χ3v) is 6.08. The minimum atomic E-state index is -0.0654. The Morgan fingerprint density at radius 2 is 2.07 bits per heavy atom. The molecule has 0 saturated carbocycles. The lowest BCUT2D eigenvalue weighted by molar-refractivity contribution is 0.0671. The first-order valence-corrected chi connectivity index (χ1v) is 10.4. The SMILES string of the molecule is Cc1ccc(-c2cccc3c2C(C)N(C(=O)c2cc4ccc(Br)cn4n2)CC3)o1. The van der Waals surface area contributed by atoms with E-state index in [1.54, 1.807) is 4.52 Å². The van der Waals surface area contributed by atoms with Crippen molar-refractivity contribution >= 4 is 27.4 Å². The van der Waals surface area contributed by atoms with Crippen LogP contribution >= 0.6 is 15.9 Å². The van der Waals surface area contributed by atoms with Crippen molar-refractivity contribution in [2.24, 2.45) is 0 Å². The number of aryl methyl sites for hydroxylation is 1. The lowest BCUT2D eigenvalue weighted by Gasteiger charge is -2.36. The highest BCUT2D eigenvalue weighted by molar-refractivity contribution is 9.10. The molecule has 1 amide bonds. The van der Waals surface area contributed by atoms with Gasteiger partial charge in [-0.05, 0) is 77.7 Å². The van der Waals surface area contributed by atoms with Crippen LogP contribution in [0.25, 0.3) is 16.8 Å². The predicted octanol–water partition coefficient (Wildman–Crippen LogP) is 5.42. The molecule has 0 radical (unpaired) electrons. The second-order valence-electron chi connectivity index (χ2n) is 7.46. The van der Waals surface area contributed by atoms with E-state index < -0.39 is 0 Å². The predicted molar refractivity (Wildman–Crippen MR) is 115 cm³/mol. The van der Waals surface area contributed by atoms with E-state index in [2.05, 4.69) is 46.2 Å². The Labute approximate surface area is 177 Å². The number of benzene rings is 1. The van der Waals surface area contributed by atoms with Crippen molar-refractivity contribution in [3.8, 4) is 11.3 Å². The Morgan fingerprint density at radius 1 is 1.21 bits per heavy atom. The van der Waals surface area contributed by atoms with Gasteiger partial charge in [0.05, 0.1) is 11.6 Å². The Hall–Kier alpha value is -2.86. The maximum Gasteiger partial charge on any atom is 0.274 e. The van der Waals surface area contributed by atoms with Crippen molar-refractivity contribution < 1.29 is 9.21 Å². The third kappa shape index (κ3) is 3.08. The van der Waals surface area contributed by atoms with E-state index in [-0.39, 0.29) is 11.9 Å². The van der Waals surface area contributed by atoms with E-state index in [4.69, 9.17) is 4.42 Å². The first kappa shape index (κ1) is 18.2. The number of halogens is 1. The molecule has 5 rings (SSSR count). The van der Waals surface area contributed by atoms with Crippen LogP contribution in [0, 0.1) is 6.92 Å². The molecule has 1 aromatic carbocycles. The molecule has 1 aliphatic rings. The summed E-state index contributed by atoms with van der Waals surface area (Å²) in [5, 5.41) is 4.50. The van der Waals surface area contributed by atoms with Crippen molar-refractivity contribution in [3.63, 3.8) is 0 Å². The topological polar surface area (TPSA) is 50.8 Å². The van der Waals surface area contributed by atoms with Crippen LogP contribution in [0.1, 0.15) is 40.3 Å². The van der Waals surface area contributed by atoms with Gasteiger partial charge in [-0.15, -0.1) is 0 Å². The van der Waals surface area contributed by atoms with Gasteiger partial charge in [-0.1, -0.05) is 18.2 Å². The lowest BCUT2D eigenvalue weighted by Crippen LogP contribution is -2.39. The number of fused-ring (bicyclic) bond motifs is 2. The molecule has 146 valence electrons. The van der Waals surface area contributed by atoms with Crippen LogP contribution < -0.4 is 0 Å². The van der Waals surface area contributed by atoms with Crippen molar-refractivity contribution in [2.45, 2.75) is 26.3 Å². The number of hydrogen-bond acceptors (Lipinski definition) is 3. The number of nitrogens with zero attached hydrogens (tertiary/aromatic N) is 3. The quantitative estimate of drug-likeness (QED) is 0.410. The number of carbonyl (C=O) groups excluding carboxylic acids is 1. The minimum Gasteiger partial charge on any atom is -0.461 e. The molecule has 5 nitrogen and oxygen atoms in total. The van der Waals surface area contributed by atoms with Crippen molar-refractivity contribution in [1.82, 2.24) is 14.5 Å². The molecule has 0 aliphatic carbocycles. The smallest absolute Gasteiger partial charge is 0.274 e. The molecule has 4 heterocycles. The molecule has 4 aromatic rings. The maximum atomic E-state index is 13.3. The normalized spacial score (nSPS) is 16.2. The largest absolute Gasteiger partial charge is 0.461 e. The molecule has 29 heavy (non-hydrogen) atoms. The summed E-state index contributed by atoms with van der Waals surface area (Å²) in [4.78, 5) is 15.3. The summed E-state index contributed by atoms with van der Waals surface area (Å²) in [7, 11) is 0. The summed E-state index contributed by atoms with van der Waals surface area (Å²) < 4.78 is 8.55. The number of furan rings is 1. The first-order chi connectivity index (χ1) is 14.0. The van der Waals surface area contributed by atoms with Gasteiger partial charge in [0.1, 0.15) is 11.5 Å². The Bertz CT molecular complexity index is 1240. The lowest BCUT2D eigenvalue weighted by atomic mass is 9.88. The van der Waals surface area contributed by atoms with Crippen LogP contribution in [0.4, 0.5) is 0 Å². The summed E-state index contributed by atoms with van der Waals surface area (Å²) in [5.41, 5.74) is 4.85. The number of carbonyl (C=O) groups is 1. The van der Waals surface area contributed by atoms with Crippen molar-refractivity contribution in [3.05, 3.63) is 81.8 Å². The highest BCUT2D eigenvalue weighted by Crippen LogP contribution is 2.38. The first-order valence-electron chi connectivity index (χ1n) is 9.66. The molecule has 1 atom stereocenters. The summed E-state index contributed by atoms with van der Waals surface area (Å²) in [6, 6.07) is 15.9. The Balaban J connectivity index is 1.53. The number of aromatic nitrogens is 2. The monoisotopic (exact) mass is 449 g/mol. The number of hydrogen-bond donors (Lipinski definition) is 0. The molecule has 0 N–H and O–H groups in total. The highest BCUT2D eigenvalue weighted by Gasteiger charge is 2.32. The molecule has 1 unspecified atom stereocenters. The summed E-state index contributed by atoms with van der Waals surface area (Å²) in [6.45, 7) is 4.70.